The predicted octanol–water partition coefficient (Wildman–Crippen LogP) is 2.87. The number of carbonyl (C=O) groups excluding carboxylic acids is 2. The highest BCUT2D eigenvalue weighted by Crippen LogP contribution is 2.29. The van der Waals surface area contributed by atoms with Crippen LogP contribution in [0.15, 0.2) is 36.4 Å². The van der Waals surface area contributed by atoms with Gasteiger partial charge in [0.15, 0.2) is 11.5 Å². The Kier molecular flexibility index (Phi) is 6.65. The second-order valence-electron chi connectivity index (χ2n) is 6.14. The summed E-state index contributed by atoms with van der Waals surface area (Å²) >= 11 is 0. The molecule has 0 aromatic heterocycles. The van der Waals surface area contributed by atoms with E-state index in [2.05, 4.69) is 10.9 Å². The van der Waals surface area contributed by atoms with Gasteiger partial charge in [0.25, 0.3) is 11.8 Å². The molecule has 2 amide bonds. The van der Waals surface area contributed by atoms with Crippen LogP contribution >= 0.6 is 0 Å². The zero-order valence-electron chi connectivity index (χ0n) is 16.1. The minimum atomic E-state index is -0.482. The SMILES string of the molecule is COc1cc(C(=O)NNC(=O)c2cc(C)ccc2OC)ccc1OC(C)C. The van der Waals surface area contributed by atoms with Crippen molar-refractivity contribution in [2.24, 2.45) is 0 Å². The third-order valence-corrected chi connectivity index (χ3v) is 3.68. The Morgan fingerprint density at radius 1 is 0.852 bits per heavy atom. The molecule has 0 heterocycles. The number of ether oxygens (including phenoxy) is 3. The van der Waals surface area contributed by atoms with Crippen LogP contribution in [0, 0.1) is 6.92 Å². The van der Waals surface area contributed by atoms with E-state index in [1.165, 1.54) is 14.2 Å². The smallest absolute Gasteiger partial charge is 0.273 e. The Bertz CT molecular complexity index is 833. The first kappa shape index (κ1) is 20.1. The number of hydrogen-bond acceptors (Lipinski definition) is 5. The molecule has 7 nitrogen and oxygen atoms in total. The van der Waals surface area contributed by atoms with E-state index in [0.717, 1.165) is 5.56 Å². The molecule has 0 aliphatic heterocycles. The molecule has 27 heavy (non-hydrogen) atoms. The molecule has 0 aliphatic rings. The van der Waals surface area contributed by atoms with Crippen molar-refractivity contribution in [1.29, 1.82) is 0 Å². The molecule has 0 radical (unpaired) electrons. The Labute approximate surface area is 158 Å². The zero-order valence-corrected chi connectivity index (χ0v) is 16.1. The van der Waals surface area contributed by atoms with E-state index in [1.54, 1.807) is 30.3 Å². The number of carbonyl (C=O) groups is 2. The molecule has 0 spiro atoms. The summed E-state index contributed by atoms with van der Waals surface area (Å²) in [4.78, 5) is 24.7. The fourth-order valence-electron chi connectivity index (χ4n) is 2.41. The summed E-state index contributed by atoms with van der Waals surface area (Å²) < 4.78 is 16.1. The van der Waals surface area contributed by atoms with Gasteiger partial charge in [-0.1, -0.05) is 11.6 Å². The molecular formula is C20H24N2O5. The molecule has 0 aliphatic carbocycles. The van der Waals surface area contributed by atoms with Gasteiger partial charge in [0, 0.05) is 5.56 Å². The number of amides is 2. The molecule has 2 aromatic carbocycles. The number of aryl methyl sites for hydroxylation is 1. The molecule has 2 rings (SSSR count). The molecule has 0 fully saturated rings. The average molecular weight is 372 g/mol. The molecule has 0 atom stereocenters. The van der Waals surface area contributed by atoms with Crippen molar-refractivity contribution in [3.05, 3.63) is 53.1 Å². The van der Waals surface area contributed by atoms with Crippen molar-refractivity contribution in [3.63, 3.8) is 0 Å². The molecule has 0 unspecified atom stereocenters. The van der Waals surface area contributed by atoms with Crippen LogP contribution in [-0.2, 0) is 0 Å². The molecule has 0 saturated heterocycles. The first-order valence-corrected chi connectivity index (χ1v) is 8.45. The molecule has 0 saturated carbocycles. The highest BCUT2D eigenvalue weighted by Gasteiger charge is 2.15. The van der Waals surface area contributed by atoms with Crippen molar-refractivity contribution in [2.75, 3.05) is 14.2 Å². The van der Waals surface area contributed by atoms with Crippen molar-refractivity contribution in [3.8, 4) is 17.2 Å². The molecule has 2 N–H and O–H groups in total. The Balaban J connectivity index is 2.09. The maximum absolute atomic E-state index is 12.4. The minimum Gasteiger partial charge on any atom is -0.496 e. The van der Waals surface area contributed by atoms with Crippen LogP contribution in [0.2, 0.25) is 0 Å². The lowest BCUT2D eigenvalue weighted by molar-refractivity contribution is 0.0844. The number of rotatable bonds is 6. The standard InChI is InChI=1S/C20H24N2O5/c1-12(2)27-17-9-7-14(11-18(17)26-5)19(23)21-22-20(24)15-10-13(3)6-8-16(15)25-4/h6-12H,1-5H3,(H,21,23)(H,22,24). The lowest BCUT2D eigenvalue weighted by atomic mass is 10.1. The Hall–Kier alpha value is -3.22. The third-order valence-electron chi connectivity index (χ3n) is 3.68. The number of hydrazine groups is 1. The average Bonchev–Trinajstić information content (AvgIpc) is 2.65. The summed E-state index contributed by atoms with van der Waals surface area (Å²) in [7, 11) is 2.98. The fourth-order valence-corrected chi connectivity index (χ4v) is 2.41. The van der Waals surface area contributed by atoms with Gasteiger partial charge in [-0.25, -0.2) is 0 Å². The second-order valence-corrected chi connectivity index (χ2v) is 6.14. The van der Waals surface area contributed by atoms with Crippen LogP contribution < -0.4 is 25.1 Å². The molecular weight excluding hydrogens is 348 g/mol. The monoisotopic (exact) mass is 372 g/mol. The van der Waals surface area contributed by atoms with Crippen LogP contribution in [0.3, 0.4) is 0 Å². The fraction of sp³-hybridized carbons (Fsp3) is 0.300. The first-order chi connectivity index (χ1) is 12.8. The van der Waals surface area contributed by atoms with Gasteiger partial charge in [0.1, 0.15) is 5.75 Å². The van der Waals surface area contributed by atoms with Crippen LogP contribution in [0.4, 0.5) is 0 Å². The summed E-state index contributed by atoms with van der Waals surface area (Å²) in [6.45, 7) is 5.66. The Morgan fingerprint density at radius 2 is 1.48 bits per heavy atom. The van der Waals surface area contributed by atoms with E-state index >= 15 is 0 Å². The quantitative estimate of drug-likeness (QED) is 0.762. The van der Waals surface area contributed by atoms with Crippen LogP contribution in [-0.4, -0.2) is 32.1 Å². The van der Waals surface area contributed by atoms with Crippen molar-refractivity contribution < 1.29 is 23.8 Å². The van der Waals surface area contributed by atoms with E-state index in [4.69, 9.17) is 14.2 Å². The van der Waals surface area contributed by atoms with E-state index in [-0.39, 0.29) is 6.10 Å². The van der Waals surface area contributed by atoms with E-state index in [0.29, 0.717) is 28.4 Å². The normalized spacial score (nSPS) is 10.3. The highest BCUT2D eigenvalue weighted by atomic mass is 16.5. The number of benzene rings is 2. The zero-order chi connectivity index (χ0) is 20.0. The Morgan fingerprint density at radius 3 is 2.11 bits per heavy atom. The lowest BCUT2D eigenvalue weighted by Crippen LogP contribution is -2.41. The van der Waals surface area contributed by atoms with Crippen LogP contribution in [0.5, 0.6) is 17.2 Å². The highest BCUT2D eigenvalue weighted by molar-refractivity contribution is 6.00. The van der Waals surface area contributed by atoms with Gasteiger partial charge in [-0.05, 0) is 51.1 Å². The van der Waals surface area contributed by atoms with Crippen molar-refractivity contribution >= 4 is 11.8 Å². The van der Waals surface area contributed by atoms with E-state index in [9.17, 15) is 9.59 Å². The van der Waals surface area contributed by atoms with Crippen molar-refractivity contribution in [2.45, 2.75) is 26.9 Å². The largest absolute Gasteiger partial charge is 0.496 e. The maximum Gasteiger partial charge on any atom is 0.273 e. The predicted molar refractivity (Wildman–Crippen MR) is 101 cm³/mol. The van der Waals surface area contributed by atoms with Gasteiger partial charge in [-0.15, -0.1) is 0 Å². The first-order valence-electron chi connectivity index (χ1n) is 8.45. The summed E-state index contributed by atoms with van der Waals surface area (Å²) in [5.41, 5.74) is 6.33. The van der Waals surface area contributed by atoms with Gasteiger partial charge in [0.2, 0.25) is 0 Å². The summed E-state index contributed by atoms with van der Waals surface area (Å²) in [6.07, 6.45) is -0.0258. The van der Waals surface area contributed by atoms with Gasteiger partial charge in [0.05, 0.1) is 25.9 Å². The van der Waals surface area contributed by atoms with Crippen molar-refractivity contribution in [1.82, 2.24) is 10.9 Å². The third kappa shape index (κ3) is 5.13. The van der Waals surface area contributed by atoms with E-state index in [1.807, 2.05) is 26.8 Å². The molecule has 0 bridgehead atoms. The number of methoxy groups -OCH3 is 2. The summed E-state index contributed by atoms with van der Waals surface area (Å²) in [5.74, 6) is 0.435. The van der Waals surface area contributed by atoms with E-state index < -0.39 is 11.8 Å². The number of nitrogens with one attached hydrogen (secondary N) is 2. The minimum absolute atomic E-state index is 0.0258. The van der Waals surface area contributed by atoms with Crippen LogP contribution in [0.25, 0.3) is 0 Å². The molecule has 7 heteroatoms. The van der Waals surface area contributed by atoms with Gasteiger partial charge >= 0.3 is 0 Å². The summed E-state index contributed by atoms with van der Waals surface area (Å²) in [6, 6.07) is 10.0. The van der Waals surface area contributed by atoms with Gasteiger partial charge in [-0.2, -0.15) is 0 Å². The molecule has 2 aromatic rings. The lowest BCUT2D eigenvalue weighted by Gasteiger charge is -2.15. The van der Waals surface area contributed by atoms with Gasteiger partial charge < -0.3 is 14.2 Å². The van der Waals surface area contributed by atoms with Gasteiger partial charge in [-0.3, -0.25) is 20.4 Å². The second kappa shape index (κ2) is 8.93. The van der Waals surface area contributed by atoms with Crippen LogP contribution in [0.1, 0.15) is 40.1 Å². The summed E-state index contributed by atoms with van der Waals surface area (Å²) in [5, 5.41) is 0. The number of hydrogen-bond donors (Lipinski definition) is 2. The maximum atomic E-state index is 12.4. The molecule has 144 valence electrons. The topological polar surface area (TPSA) is 85.9 Å².